The summed E-state index contributed by atoms with van der Waals surface area (Å²) in [5.74, 6) is -0.362. The Morgan fingerprint density at radius 3 is 2.38 bits per heavy atom. The smallest absolute Gasteiger partial charge is 0.257 e. The second-order valence-corrected chi connectivity index (χ2v) is 5.96. The first-order valence-corrected chi connectivity index (χ1v) is 8.34. The van der Waals surface area contributed by atoms with Crippen molar-refractivity contribution in [2.45, 2.75) is 0 Å². The average molecular weight is 357 g/mol. The average Bonchev–Trinajstić information content (AvgIpc) is 2.68. The van der Waals surface area contributed by atoms with Crippen LogP contribution in [0.4, 0.5) is 5.69 Å². The number of hydrogen-bond donors (Lipinski definition) is 2. The van der Waals surface area contributed by atoms with E-state index in [0.717, 1.165) is 16.8 Å². The van der Waals surface area contributed by atoms with E-state index >= 15 is 0 Å². The van der Waals surface area contributed by atoms with Crippen LogP contribution < -0.4 is 10.6 Å². The summed E-state index contributed by atoms with van der Waals surface area (Å²) in [6, 6.07) is 26.2. The Kier molecular flexibility index (Phi) is 5.37. The van der Waals surface area contributed by atoms with Gasteiger partial charge in [-0.2, -0.15) is 5.26 Å². The van der Waals surface area contributed by atoms with Gasteiger partial charge in [-0.3, -0.25) is 10.1 Å². The van der Waals surface area contributed by atoms with Crippen LogP contribution in [-0.2, 0) is 0 Å². The number of carbonyl (C=O) groups excluding carboxylic acids is 1. The van der Waals surface area contributed by atoms with E-state index in [-0.39, 0.29) is 11.0 Å². The fraction of sp³-hybridized carbons (Fsp3) is 0. The lowest BCUT2D eigenvalue weighted by Crippen LogP contribution is -2.34. The van der Waals surface area contributed by atoms with Crippen molar-refractivity contribution < 1.29 is 4.79 Å². The van der Waals surface area contributed by atoms with Gasteiger partial charge in [-0.25, -0.2) is 0 Å². The van der Waals surface area contributed by atoms with Gasteiger partial charge in [0, 0.05) is 11.3 Å². The van der Waals surface area contributed by atoms with Crippen LogP contribution in [0.25, 0.3) is 11.1 Å². The molecule has 5 heteroatoms. The first kappa shape index (κ1) is 17.3. The zero-order valence-corrected chi connectivity index (χ0v) is 14.6. The number of anilines is 1. The van der Waals surface area contributed by atoms with E-state index in [0.29, 0.717) is 11.1 Å². The van der Waals surface area contributed by atoms with Crippen LogP contribution in [0, 0.1) is 11.3 Å². The molecule has 0 aromatic heterocycles. The Labute approximate surface area is 157 Å². The van der Waals surface area contributed by atoms with Gasteiger partial charge in [-0.05, 0) is 53.7 Å². The van der Waals surface area contributed by atoms with Crippen LogP contribution in [0.2, 0.25) is 0 Å². The van der Waals surface area contributed by atoms with E-state index in [1.165, 1.54) is 6.07 Å². The number of rotatable bonds is 3. The number of nitrogens with one attached hydrogen (secondary N) is 2. The Balaban J connectivity index is 1.68. The van der Waals surface area contributed by atoms with Crippen LogP contribution in [0.3, 0.4) is 0 Å². The summed E-state index contributed by atoms with van der Waals surface area (Å²) >= 11 is 5.23. The number of carbonyl (C=O) groups is 1. The molecular formula is C21H15N3OS. The van der Waals surface area contributed by atoms with Crippen LogP contribution in [0.5, 0.6) is 0 Å². The maximum absolute atomic E-state index is 12.3. The summed E-state index contributed by atoms with van der Waals surface area (Å²) in [7, 11) is 0. The first-order chi connectivity index (χ1) is 12.7. The van der Waals surface area contributed by atoms with E-state index in [1.54, 1.807) is 18.2 Å². The van der Waals surface area contributed by atoms with Crippen molar-refractivity contribution in [2.75, 3.05) is 5.32 Å². The molecule has 1 amide bonds. The normalized spacial score (nSPS) is 9.81. The molecule has 0 atom stereocenters. The Hall–Kier alpha value is -3.49. The van der Waals surface area contributed by atoms with Crippen molar-refractivity contribution in [3.05, 3.63) is 90.0 Å². The number of hydrogen-bond acceptors (Lipinski definition) is 3. The lowest BCUT2D eigenvalue weighted by Gasteiger charge is -2.11. The molecule has 26 heavy (non-hydrogen) atoms. The highest BCUT2D eigenvalue weighted by Gasteiger charge is 2.09. The maximum Gasteiger partial charge on any atom is 0.257 e. The second-order valence-electron chi connectivity index (χ2n) is 5.55. The largest absolute Gasteiger partial charge is 0.332 e. The zero-order valence-electron chi connectivity index (χ0n) is 13.8. The molecule has 0 aliphatic heterocycles. The second kappa shape index (κ2) is 8.06. The van der Waals surface area contributed by atoms with Crippen molar-refractivity contribution in [1.29, 1.82) is 5.26 Å². The van der Waals surface area contributed by atoms with E-state index in [9.17, 15) is 4.79 Å². The molecule has 3 aromatic carbocycles. The molecule has 0 bridgehead atoms. The minimum Gasteiger partial charge on any atom is -0.332 e. The van der Waals surface area contributed by atoms with Crippen LogP contribution >= 0.6 is 12.2 Å². The van der Waals surface area contributed by atoms with Gasteiger partial charge in [-0.15, -0.1) is 0 Å². The molecule has 2 N–H and O–H groups in total. The highest BCUT2D eigenvalue weighted by Crippen LogP contribution is 2.22. The lowest BCUT2D eigenvalue weighted by atomic mass is 10.1. The minimum absolute atomic E-state index is 0.197. The van der Waals surface area contributed by atoms with Crippen LogP contribution in [0.1, 0.15) is 15.9 Å². The SMILES string of the molecule is N#Cc1cccc(C(=O)NC(=S)Nc2cccc(-c3ccccc3)c2)c1. The number of nitriles is 1. The van der Waals surface area contributed by atoms with Gasteiger partial charge in [0.1, 0.15) is 0 Å². The van der Waals surface area contributed by atoms with E-state index in [1.807, 2.05) is 60.7 Å². The van der Waals surface area contributed by atoms with Crippen LogP contribution in [0.15, 0.2) is 78.9 Å². The molecule has 0 saturated heterocycles. The number of benzene rings is 3. The third-order valence-corrected chi connectivity index (χ3v) is 3.91. The molecule has 0 spiro atoms. The van der Waals surface area contributed by atoms with Gasteiger partial charge in [0.05, 0.1) is 11.6 Å². The van der Waals surface area contributed by atoms with E-state index in [4.69, 9.17) is 17.5 Å². The fourth-order valence-electron chi connectivity index (χ4n) is 2.47. The van der Waals surface area contributed by atoms with E-state index < -0.39 is 0 Å². The maximum atomic E-state index is 12.3. The standard InChI is InChI=1S/C21H15N3OS/c22-14-15-6-4-10-18(12-15)20(25)24-21(26)23-19-11-5-9-17(13-19)16-7-2-1-3-8-16/h1-13H,(H2,23,24,25,26). The summed E-state index contributed by atoms with van der Waals surface area (Å²) in [5, 5.41) is 14.8. The molecular weight excluding hydrogens is 342 g/mol. The first-order valence-electron chi connectivity index (χ1n) is 7.94. The predicted octanol–water partition coefficient (Wildman–Crippen LogP) is 4.35. The van der Waals surface area contributed by atoms with Crippen molar-refractivity contribution in [2.24, 2.45) is 0 Å². The Bertz CT molecular complexity index is 993. The molecule has 0 aliphatic carbocycles. The zero-order chi connectivity index (χ0) is 18.4. The molecule has 0 aliphatic rings. The molecule has 126 valence electrons. The minimum atomic E-state index is -0.362. The fourth-order valence-corrected chi connectivity index (χ4v) is 2.69. The quantitative estimate of drug-likeness (QED) is 0.684. The number of nitrogens with zero attached hydrogens (tertiary/aromatic N) is 1. The van der Waals surface area contributed by atoms with Crippen molar-refractivity contribution in [3.8, 4) is 17.2 Å². The molecule has 0 heterocycles. The van der Waals surface area contributed by atoms with Crippen molar-refractivity contribution in [3.63, 3.8) is 0 Å². The molecule has 0 fully saturated rings. The topological polar surface area (TPSA) is 64.9 Å². The molecule has 4 nitrogen and oxygen atoms in total. The summed E-state index contributed by atoms with van der Waals surface area (Å²) in [4.78, 5) is 12.3. The summed E-state index contributed by atoms with van der Waals surface area (Å²) in [5.41, 5.74) is 3.73. The Morgan fingerprint density at radius 1 is 0.885 bits per heavy atom. The van der Waals surface area contributed by atoms with Gasteiger partial charge in [0.25, 0.3) is 5.91 Å². The monoisotopic (exact) mass is 357 g/mol. The van der Waals surface area contributed by atoms with Crippen LogP contribution in [-0.4, -0.2) is 11.0 Å². The highest BCUT2D eigenvalue weighted by molar-refractivity contribution is 7.80. The summed E-state index contributed by atoms with van der Waals surface area (Å²) < 4.78 is 0. The Morgan fingerprint density at radius 2 is 1.62 bits per heavy atom. The predicted molar refractivity (Wildman–Crippen MR) is 107 cm³/mol. The third kappa shape index (κ3) is 4.32. The molecule has 0 saturated carbocycles. The number of amides is 1. The van der Waals surface area contributed by atoms with Gasteiger partial charge in [-0.1, -0.05) is 48.5 Å². The van der Waals surface area contributed by atoms with Gasteiger partial charge < -0.3 is 5.32 Å². The summed E-state index contributed by atoms with van der Waals surface area (Å²) in [6.45, 7) is 0. The molecule has 3 rings (SSSR count). The van der Waals surface area contributed by atoms with Gasteiger partial charge in [0.15, 0.2) is 5.11 Å². The molecule has 0 radical (unpaired) electrons. The van der Waals surface area contributed by atoms with Gasteiger partial charge >= 0.3 is 0 Å². The lowest BCUT2D eigenvalue weighted by molar-refractivity contribution is 0.0977. The van der Waals surface area contributed by atoms with Crippen molar-refractivity contribution in [1.82, 2.24) is 5.32 Å². The number of thiocarbonyl (C=S) groups is 1. The van der Waals surface area contributed by atoms with Crippen molar-refractivity contribution >= 4 is 28.9 Å². The van der Waals surface area contributed by atoms with E-state index in [2.05, 4.69) is 10.6 Å². The third-order valence-electron chi connectivity index (χ3n) is 3.71. The molecule has 0 unspecified atom stereocenters. The summed E-state index contributed by atoms with van der Waals surface area (Å²) in [6.07, 6.45) is 0. The highest BCUT2D eigenvalue weighted by atomic mass is 32.1. The van der Waals surface area contributed by atoms with Gasteiger partial charge in [0.2, 0.25) is 0 Å². The molecule has 3 aromatic rings.